The third kappa shape index (κ3) is 3.58. The molecule has 0 aliphatic heterocycles. The average molecular weight is 307 g/mol. The van der Waals surface area contributed by atoms with Gasteiger partial charge in [-0.25, -0.2) is 4.39 Å². The van der Waals surface area contributed by atoms with Crippen molar-refractivity contribution < 1.29 is 14.0 Å². The van der Waals surface area contributed by atoms with E-state index in [0.717, 1.165) is 6.07 Å². The van der Waals surface area contributed by atoms with Crippen molar-refractivity contribution in [2.24, 2.45) is 5.73 Å². The number of carbonyl (C=O) groups is 2. The number of nitrogens with two attached hydrogens (primary N) is 1. The maximum absolute atomic E-state index is 13.6. The third-order valence-electron chi connectivity index (χ3n) is 2.83. The van der Waals surface area contributed by atoms with E-state index >= 15 is 0 Å². The summed E-state index contributed by atoms with van der Waals surface area (Å²) in [6.07, 6.45) is 0. The number of rotatable bonds is 4. The number of alkyl halides is 1. The number of hydrogen-bond acceptors (Lipinski definition) is 2. The largest absolute Gasteiger partial charge is 0.366 e. The van der Waals surface area contributed by atoms with E-state index < -0.39 is 23.0 Å². The van der Waals surface area contributed by atoms with Crippen molar-refractivity contribution in [2.45, 2.75) is 5.38 Å². The number of amides is 2. The highest BCUT2D eigenvalue weighted by atomic mass is 35.5. The van der Waals surface area contributed by atoms with Crippen molar-refractivity contribution in [2.75, 3.05) is 5.32 Å². The van der Waals surface area contributed by atoms with Gasteiger partial charge >= 0.3 is 0 Å². The van der Waals surface area contributed by atoms with Crippen LogP contribution >= 0.6 is 11.6 Å². The van der Waals surface area contributed by atoms with Gasteiger partial charge in [-0.05, 0) is 23.8 Å². The lowest BCUT2D eigenvalue weighted by Gasteiger charge is -2.12. The van der Waals surface area contributed by atoms with E-state index in [4.69, 9.17) is 17.3 Å². The number of carbonyl (C=O) groups excluding carboxylic acids is 2. The molecule has 2 rings (SSSR count). The third-order valence-corrected chi connectivity index (χ3v) is 3.28. The Morgan fingerprint density at radius 1 is 1.14 bits per heavy atom. The predicted molar refractivity (Wildman–Crippen MR) is 78.6 cm³/mol. The molecular weight excluding hydrogens is 295 g/mol. The number of nitrogens with one attached hydrogen (secondary N) is 1. The minimum atomic E-state index is -0.970. The van der Waals surface area contributed by atoms with Crippen LogP contribution in [0.15, 0.2) is 48.5 Å². The van der Waals surface area contributed by atoms with Crippen LogP contribution in [0.4, 0.5) is 10.1 Å². The summed E-state index contributed by atoms with van der Waals surface area (Å²) < 4.78 is 13.6. The average Bonchev–Trinajstić information content (AvgIpc) is 2.49. The van der Waals surface area contributed by atoms with Crippen LogP contribution in [-0.4, -0.2) is 11.8 Å². The Labute approximate surface area is 125 Å². The highest BCUT2D eigenvalue weighted by molar-refractivity contribution is 6.32. The quantitative estimate of drug-likeness (QED) is 0.853. The molecule has 0 saturated heterocycles. The fourth-order valence-corrected chi connectivity index (χ4v) is 1.94. The van der Waals surface area contributed by atoms with E-state index in [9.17, 15) is 14.0 Å². The van der Waals surface area contributed by atoms with Crippen molar-refractivity contribution in [1.82, 2.24) is 0 Å². The van der Waals surface area contributed by atoms with Gasteiger partial charge in [0.15, 0.2) is 0 Å². The van der Waals surface area contributed by atoms with Gasteiger partial charge in [0.1, 0.15) is 11.2 Å². The first-order chi connectivity index (χ1) is 9.99. The molecule has 0 aromatic heterocycles. The second-order valence-electron chi connectivity index (χ2n) is 4.32. The summed E-state index contributed by atoms with van der Waals surface area (Å²) in [4.78, 5) is 23.1. The molecular formula is C15H12ClFN2O2. The lowest BCUT2D eigenvalue weighted by molar-refractivity contribution is -0.116. The van der Waals surface area contributed by atoms with Gasteiger partial charge in [-0.2, -0.15) is 0 Å². The zero-order chi connectivity index (χ0) is 15.4. The van der Waals surface area contributed by atoms with Gasteiger partial charge in [0.05, 0.1) is 5.69 Å². The van der Waals surface area contributed by atoms with Crippen LogP contribution in [0.2, 0.25) is 0 Å². The summed E-state index contributed by atoms with van der Waals surface area (Å²) in [5, 5.41) is 1.38. The number of primary amides is 1. The minimum absolute atomic E-state index is 0.0949. The number of halogens is 2. The molecule has 1 unspecified atom stereocenters. The highest BCUT2D eigenvalue weighted by Gasteiger charge is 2.19. The van der Waals surface area contributed by atoms with Gasteiger partial charge in [-0.3, -0.25) is 9.59 Å². The van der Waals surface area contributed by atoms with Crippen LogP contribution in [-0.2, 0) is 4.79 Å². The Bertz CT molecular complexity index is 677. The van der Waals surface area contributed by atoms with Crippen LogP contribution in [0.1, 0.15) is 21.3 Å². The number of hydrogen-bond donors (Lipinski definition) is 2. The van der Waals surface area contributed by atoms with Crippen molar-refractivity contribution in [3.63, 3.8) is 0 Å². The van der Waals surface area contributed by atoms with Crippen LogP contribution in [0.5, 0.6) is 0 Å². The summed E-state index contributed by atoms with van der Waals surface area (Å²) in [6.45, 7) is 0. The molecule has 21 heavy (non-hydrogen) atoms. The van der Waals surface area contributed by atoms with E-state index in [0.29, 0.717) is 5.56 Å². The second kappa shape index (κ2) is 6.37. The van der Waals surface area contributed by atoms with Gasteiger partial charge in [0, 0.05) is 5.56 Å². The molecule has 6 heteroatoms. The van der Waals surface area contributed by atoms with Crippen molar-refractivity contribution >= 4 is 29.1 Å². The Morgan fingerprint density at radius 3 is 2.43 bits per heavy atom. The van der Waals surface area contributed by atoms with Gasteiger partial charge in [0.25, 0.3) is 0 Å². The zero-order valence-electron chi connectivity index (χ0n) is 10.8. The van der Waals surface area contributed by atoms with Crippen LogP contribution in [0.25, 0.3) is 0 Å². The molecule has 3 N–H and O–H groups in total. The lowest BCUT2D eigenvalue weighted by Crippen LogP contribution is -2.19. The molecule has 2 aromatic rings. The lowest BCUT2D eigenvalue weighted by atomic mass is 10.1. The molecule has 0 aliphatic carbocycles. The van der Waals surface area contributed by atoms with E-state index in [-0.39, 0.29) is 11.3 Å². The standard InChI is InChI=1S/C15H12ClFN2O2/c16-13(9-4-2-1-3-5-9)15(21)19-12-8-10(14(18)20)6-7-11(12)17/h1-8,13H,(H2,18,20)(H,19,21). The minimum Gasteiger partial charge on any atom is -0.366 e. The summed E-state index contributed by atoms with van der Waals surface area (Å²) in [7, 11) is 0. The maximum atomic E-state index is 13.6. The molecule has 0 aliphatic rings. The molecule has 1 atom stereocenters. The molecule has 0 bridgehead atoms. The second-order valence-corrected chi connectivity index (χ2v) is 4.76. The molecule has 0 fully saturated rings. The monoisotopic (exact) mass is 306 g/mol. The van der Waals surface area contributed by atoms with E-state index in [1.165, 1.54) is 12.1 Å². The van der Waals surface area contributed by atoms with Crippen molar-refractivity contribution in [3.05, 3.63) is 65.5 Å². The Balaban J connectivity index is 2.20. The molecule has 2 amide bonds. The van der Waals surface area contributed by atoms with Gasteiger partial charge < -0.3 is 11.1 Å². The summed E-state index contributed by atoms with van der Waals surface area (Å²) in [6, 6.07) is 12.1. The summed E-state index contributed by atoms with van der Waals surface area (Å²) in [5.41, 5.74) is 5.65. The molecule has 0 spiro atoms. The van der Waals surface area contributed by atoms with E-state index in [2.05, 4.69) is 5.32 Å². The first-order valence-corrected chi connectivity index (χ1v) is 6.52. The molecule has 0 heterocycles. The normalized spacial score (nSPS) is 11.7. The van der Waals surface area contributed by atoms with Crippen molar-refractivity contribution in [3.8, 4) is 0 Å². The molecule has 0 saturated carbocycles. The highest BCUT2D eigenvalue weighted by Crippen LogP contribution is 2.23. The van der Waals surface area contributed by atoms with Crippen LogP contribution < -0.4 is 11.1 Å². The fraction of sp³-hybridized carbons (Fsp3) is 0.0667. The molecule has 2 aromatic carbocycles. The fourth-order valence-electron chi connectivity index (χ4n) is 1.74. The maximum Gasteiger partial charge on any atom is 0.248 e. The van der Waals surface area contributed by atoms with Crippen LogP contribution in [0.3, 0.4) is 0 Å². The molecule has 0 radical (unpaired) electrons. The predicted octanol–water partition coefficient (Wildman–Crippen LogP) is 2.84. The first-order valence-electron chi connectivity index (χ1n) is 6.08. The smallest absolute Gasteiger partial charge is 0.248 e. The SMILES string of the molecule is NC(=O)c1ccc(F)c(NC(=O)C(Cl)c2ccccc2)c1. The Morgan fingerprint density at radius 2 is 1.81 bits per heavy atom. The van der Waals surface area contributed by atoms with E-state index in [1.54, 1.807) is 30.3 Å². The first kappa shape index (κ1) is 15.0. The Hall–Kier alpha value is -2.40. The number of benzene rings is 2. The van der Waals surface area contributed by atoms with Gasteiger partial charge in [-0.1, -0.05) is 30.3 Å². The van der Waals surface area contributed by atoms with Gasteiger partial charge in [0.2, 0.25) is 11.8 Å². The molecule has 4 nitrogen and oxygen atoms in total. The van der Waals surface area contributed by atoms with Gasteiger partial charge in [-0.15, -0.1) is 11.6 Å². The summed E-state index contributed by atoms with van der Waals surface area (Å²) in [5.74, 6) is -1.98. The van der Waals surface area contributed by atoms with Crippen molar-refractivity contribution in [1.29, 1.82) is 0 Å². The number of anilines is 1. The zero-order valence-corrected chi connectivity index (χ0v) is 11.6. The molecule has 108 valence electrons. The topological polar surface area (TPSA) is 72.2 Å². The summed E-state index contributed by atoms with van der Waals surface area (Å²) >= 11 is 6.04. The van der Waals surface area contributed by atoms with Crippen LogP contribution in [0, 0.1) is 5.82 Å². The van der Waals surface area contributed by atoms with E-state index in [1.807, 2.05) is 0 Å². The Kier molecular flexibility index (Phi) is 4.55.